The molecule has 2 rings (SSSR count). The monoisotopic (exact) mass is 212 g/mol. The first-order valence-electron chi connectivity index (χ1n) is 4.08. The van der Waals surface area contributed by atoms with Gasteiger partial charge in [-0.25, -0.2) is 14.1 Å². The van der Waals surface area contributed by atoms with Crippen LogP contribution in [0, 0.1) is 5.82 Å². The van der Waals surface area contributed by atoms with Crippen LogP contribution in [0.5, 0.6) is 0 Å². The maximum atomic E-state index is 12.6. The molecule has 0 aliphatic heterocycles. The van der Waals surface area contributed by atoms with Crippen molar-refractivity contribution in [2.75, 3.05) is 0 Å². The fourth-order valence-corrected chi connectivity index (χ4v) is 1.86. The molecule has 74 valence electrons. The van der Waals surface area contributed by atoms with Gasteiger partial charge >= 0.3 is 0 Å². The lowest BCUT2D eigenvalue weighted by Crippen LogP contribution is -2.05. The van der Waals surface area contributed by atoms with Crippen LogP contribution in [0.4, 0.5) is 4.39 Å². The summed E-state index contributed by atoms with van der Waals surface area (Å²) in [4.78, 5) is 4.22. The summed E-state index contributed by atoms with van der Waals surface area (Å²) >= 11 is 1.39. The molecule has 2 heterocycles. The van der Waals surface area contributed by atoms with Crippen LogP contribution in [0.15, 0.2) is 17.8 Å². The van der Waals surface area contributed by atoms with Crippen molar-refractivity contribution in [2.24, 2.45) is 5.73 Å². The highest BCUT2D eigenvalue weighted by Crippen LogP contribution is 2.17. The van der Waals surface area contributed by atoms with Crippen LogP contribution in [0.1, 0.15) is 18.7 Å². The van der Waals surface area contributed by atoms with Gasteiger partial charge in [-0.1, -0.05) is 0 Å². The topological polar surface area (TPSA) is 56.7 Å². The molecule has 0 fully saturated rings. The largest absolute Gasteiger partial charge is 0.323 e. The summed E-state index contributed by atoms with van der Waals surface area (Å²) in [5, 5.41) is 6.28. The quantitative estimate of drug-likeness (QED) is 0.820. The lowest BCUT2D eigenvalue weighted by molar-refractivity contribution is 0.627. The summed E-state index contributed by atoms with van der Waals surface area (Å²) in [6.07, 6.45) is 2.43. The molecule has 0 unspecified atom stereocenters. The normalized spacial score (nSPS) is 13.1. The van der Waals surface area contributed by atoms with Crippen LogP contribution < -0.4 is 5.73 Å². The number of hydrogen-bond acceptors (Lipinski definition) is 4. The van der Waals surface area contributed by atoms with E-state index in [-0.39, 0.29) is 11.9 Å². The molecule has 0 spiro atoms. The van der Waals surface area contributed by atoms with E-state index in [9.17, 15) is 4.39 Å². The van der Waals surface area contributed by atoms with Gasteiger partial charge in [-0.05, 0) is 6.92 Å². The first-order chi connectivity index (χ1) is 6.66. The molecule has 4 nitrogen and oxygen atoms in total. The van der Waals surface area contributed by atoms with Crippen LogP contribution in [0.25, 0.3) is 5.13 Å². The lowest BCUT2D eigenvalue weighted by atomic mass is 10.3. The van der Waals surface area contributed by atoms with Gasteiger partial charge in [0.15, 0.2) is 5.82 Å². The zero-order valence-corrected chi connectivity index (χ0v) is 8.33. The maximum Gasteiger partial charge on any atom is 0.210 e. The molecule has 2 N–H and O–H groups in total. The Kier molecular flexibility index (Phi) is 2.30. The Bertz CT molecular complexity index is 434. The lowest BCUT2D eigenvalue weighted by Gasteiger charge is -1.97. The SMILES string of the molecule is C[C@H](N)c1csc(-n2cc(F)cn2)n1. The molecule has 0 saturated heterocycles. The third-order valence-corrected chi connectivity index (χ3v) is 2.57. The smallest absolute Gasteiger partial charge is 0.210 e. The molecule has 2 aromatic heterocycles. The van der Waals surface area contributed by atoms with Gasteiger partial charge in [0.25, 0.3) is 0 Å². The van der Waals surface area contributed by atoms with E-state index in [2.05, 4.69) is 10.1 Å². The van der Waals surface area contributed by atoms with E-state index in [0.717, 1.165) is 11.9 Å². The van der Waals surface area contributed by atoms with Crippen molar-refractivity contribution in [1.82, 2.24) is 14.8 Å². The van der Waals surface area contributed by atoms with E-state index in [0.29, 0.717) is 5.13 Å². The Morgan fingerprint density at radius 2 is 2.43 bits per heavy atom. The van der Waals surface area contributed by atoms with Crippen molar-refractivity contribution in [2.45, 2.75) is 13.0 Å². The number of rotatable bonds is 2. The van der Waals surface area contributed by atoms with Gasteiger partial charge in [0.1, 0.15) is 0 Å². The standard InChI is InChI=1S/C8H9FN4S/c1-5(10)7-4-14-8(12-7)13-3-6(9)2-11-13/h2-5H,10H2,1H3/t5-/m0/s1. The van der Waals surface area contributed by atoms with Gasteiger partial charge < -0.3 is 5.73 Å². The molecule has 0 aliphatic rings. The molecule has 0 bridgehead atoms. The molecule has 0 radical (unpaired) electrons. The Morgan fingerprint density at radius 3 is 2.93 bits per heavy atom. The molecule has 0 saturated carbocycles. The number of halogens is 1. The zero-order valence-electron chi connectivity index (χ0n) is 7.51. The van der Waals surface area contributed by atoms with E-state index >= 15 is 0 Å². The molecule has 0 aliphatic carbocycles. The van der Waals surface area contributed by atoms with Crippen LogP contribution in [-0.2, 0) is 0 Å². The maximum absolute atomic E-state index is 12.6. The molecule has 0 amide bonds. The fourth-order valence-electron chi connectivity index (χ4n) is 0.996. The predicted molar refractivity (Wildman–Crippen MR) is 51.8 cm³/mol. The first kappa shape index (κ1) is 9.29. The third kappa shape index (κ3) is 1.66. The summed E-state index contributed by atoms with van der Waals surface area (Å²) in [7, 11) is 0. The van der Waals surface area contributed by atoms with E-state index in [1.807, 2.05) is 12.3 Å². The Morgan fingerprint density at radius 1 is 1.64 bits per heavy atom. The molecule has 0 aromatic carbocycles. The summed E-state index contributed by atoms with van der Waals surface area (Å²) < 4.78 is 14.0. The van der Waals surface area contributed by atoms with Gasteiger partial charge in [-0.15, -0.1) is 11.3 Å². The Labute approximate surface area is 84.2 Å². The number of aromatic nitrogens is 3. The van der Waals surface area contributed by atoms with Gasteiger partial charge in [0.2, 0.25) is 5.13 Å². The van der Waals surface area contributed by atoms with Crippen molar-refractivity contribution in [1.29, 1.82) is 0 Å². The highest BCUT2D eigenvalue weighted by atomic mass is 32.1. The molecule has 14 heavy (non-hydrogen) atoms. The predicted octanol–water partition coefficient (Wildman–Crippen LogP) is 1.49. The first-order valence-corrected chi connectivity index (χ1v) is 4.96. The van der Waals surface area contributed by atoms with Gasteiger partial charge in [0, 0.05) is 11.4 Å². The molecular formula is C8H9FN4S. The minimum absolute atomic E-state index is 0.111. The second-order valence-corrected chi connectivity index (χ2v) is 3.78. The van der Waals surface area contributed by atoms with E-state index in [1.165, 1.54) is 22.2 Å². The van der Waals surface area contributed by atoms with E-state index in [4.69, 9.17) is 5.73 Å². The van der Waals surface area contributed by atoms with E-state index < -0.39 is 0 Å². The highest BCUT2D eigenvalue weighted by Gasteiger charge is 2.08. The third-order valence-electron chi connectivity index (χ3n) is 1.72. The highest BCUT2D eigenvalue weighted by molar-refractivity contribution is 7.12. The summed E-state index contributed by atoms with van der Waals surface area (Å²) in [6.45, 7) is 1.85. The van der Waals surface area contributed by atoms with E-state index in [1.54, 1.807) is 0 Å². The minimum atomic E-state index is -0.373. The number of hydrogen-bond donors (Lipinski definition) is 1. The summed E-state index contributed by atoms with van der Waals surface area (Å²) in [5.74, 6) is -0.373. The molecule has 1 atom stereocenters. The fraction of sp³-hybridized carbons (Fsp3) is 0.250. The van der Waals surface area contributed by atoms with Gasteiger partial charge in [0.05, 0.1) is 18.1 Å². The average molecular weight is 212 g/mol. The minimum Gasteiger partial charge on any atom is -0.323 e. The second kappa shape index (κ2) is 3.47. The second-order valence-electron chi connectivity index (χ2n) is 2.95. The van der Waals surface area contributed by atoms with Crippen molar-refractivity contribution >= 4 is 11.3 Å². The van der Waals surface area contributed by atoms with Crippen molar-refractivity contribution in [3.05, 3.63) is 29.3 Å². The number of nitrogens with two attached hydrogens (primary N) is 1. The van der Waals surface area contributed by atoms with Crippen molar-refractivity contribution in [3.8, 4) is 5.13 Å². The van der Waals surface area contributed by atoms with Crippen molar-refractivity contribution in [3.63, 3.8) is 0 Å². The average Bonchev–Trinajstić information content (AvgIpc) is 2.70. The zero-order chi connectivity index (χ0) is 10.1. The number of thiazole rings is 1. The molecular weight excluding hydrogens is 203 g/mol. The summed E-state index contributed by atoms with van der Waals surface area (Å²) in [5.41, 5.74) is 6.44. The summed E-state index contributed by atoms with van der Waals surface area (Å²) in [6, 6.07) is -0.111. The van der Waals surface area contributed by atoms with Gasteiger partial charge in [-0.3, -0.25) is 0 Å². The van der Waals surface area contributed by atoms with Crippen molar-refractivity contribution < 1.29 is 4.39 Å². The van der Waals surface area contributed by atoms with Gasteiger partial charge in [-0.2, -0.15) is 5.10 Å². The Hall–Kier alpha value is -1.27. The van der Waals surface area contributed by atoms with Crippen LogP contribution in [-0.4, -0.2) is 14.8 Å². The Balaban J connectivity index is 2.33. The van der Waals surface area contributed by atoms with Crippen LogP contribution in [0.3, 0.4) is 0 Å². The molecule has 2 aromatic rings. The van der Waals surface area contributed by atoms with Crippen LogP contribution in [0.2, 0.25) is 0 Å². The molecule has 6 heteroatoms. The van der Waals surface area contributed by atoms with Crippen LogP contribution >= 0.6 is 11.3 Å². The number of nitrogens with zero attached hydrogens (tertiary/aromatic N) is 3.